The van der Waals surface area contributed by atoms with Gasteiger partial charge in [0.15, 0.2) is 0 Å². The van der Waals surface area contributed by atoms with Gasteiger partial charge in [0.05, 0.1) is 17.4 Å². The number of amides is 1. The number of nitriles is 1. The van der Waals surface area contributed by atoms with Crippen molar-refractivity contribution >= 4 is 58.0 Å². The molecule has 0 aromatic carbocycles. The van der Waals surface area contributed by atoms with E-state index in [2.05, 4.69) is 0 Å². The maximum absolute atomic E-state index is 13.4. The van der Waals surface area contributed by atoms with Gasteiger partial charge in [0.2, 0.25) is 0 Å². The first kappa shape index (κ1) is 34.3. The molecule has 0 spiro atoms. The molecule has 0 unspecified atom stereocenters. The largest absolute Gasteiger partial charge is 0.481 e. The number of rotatable bonds is 15. The van der Waals surface area contributed by atoms with Crippen LogP contribution in [0.3, 0.4) is 0 Å². The van der Waals surface area contributed by atoms with E-state index in [1.54, 1.807) is 31.9 Å². The van der Waals surface area contributed by atoms with Crippen LogP contribution in [-0.2, 0) is 26.2 Å². The molecule has 1 amide bonds. The molecular weight excluding hydrogens is 588 g/mol. The minimum Gasteiger partial charge on any atom is -0.481 e. The fraction of sp³-hybridized carbons (Fsp3) is 0.613. The van der Waals surface area contributed by atoms with Crippen LogP contribution in [0.4, 0.5) is 5.82 Å². The van der Waals surface area contributed by atoms with Crippen molar-refractivity contribution in [1.82, 2.24) is 9.47 Å². The highest BCUT2D eigenvalue weighted by atomic mass is 32.2. The van der Waals surface area contributed by atoms with Crippen molar-refractivity contribution in [3.05, 3.63) is 31.9 Å². The highest BCUT2D eigenvalue weighted by molar-refractivity contribution is 8.26. The number of pyridine rings is 1. The van der Waals surface area contributed by atoms with Crippen LogP contribution in [0.5, 0.6) is 0 Å². The lowest BCUT2D eigenvalue weighted by atomic mass is 9.95. The first-order chi connectivity index (χ1) is 20.6. The SMILES string of the molecule is CCOC(=O)C1CCN(c2c(C=C3SC(=S)N(CCCCCCCCCCC(=O)O)C3=O)c(C)c(C#N)c(=O)n2C)CC1. The summed E-state index contributed by atoms with van der Waals surface area (Å²) in [5.74, 6) is -0.695. The van der Waals surface area contributed by atoms with E-state index >= 15 is 0 Å². The van der Waals surface area contributed by atoms with Gasteiger partial charge in [-0.1, -0.05) is 62.5 Å². The van der Waals surface area contributed by atoms with E-state index < -0.39 is 11.5 Å². The second kappa shape index (κ2) is 16.6. The second-order valence-electron chi connectivity index (χ2n) is 11.0. The maximum atomic E-state index is 13.4. The lowest BCUT2D eigenvalue weighted by Gasteiger charge is -2.35. The third-order valence-corrected chi connectivity index (χ3v) is 9.43. The number of thiocarbonyl (C=S) groups is 1. The molecule has 10 nitrogen and oxygen atoms in total. The standard InChI is InChI=1S/C31H42N4O6S2/c1-4-41-30(40)22-14-17-34(18-15-22)27-23(21(2)24(20-32)28(38)33(27)3)19-25-29(39)35(31(42)43-25)16-12-10-8-6-5-7-9-11-13-26(36)37/h19,22H,4-18H2,1-3H3,(H,36,37). The number of anilines is 1. The van der Waals surface area contributed by atoms with Gasteiger partial charge in [-0.3, -0.25) is 28.6 Å². The number of aliphatic carboxylic acids is 1. The molecule has 43 heavy (non-hydrogen) atoms. The molecule has 1 aromatic rings. The summed E-state index contributed by atoms with van der Waals surface area (Å²) in [5, 5.41) is 18.5. The molecule has 0 atom stereocenters. The normalized spacial score (nSPS) is 16.7. The average Bonchev–Trinajstić information content (AvgIpc) is 3.24. The van der Waals surface area contributed by atoms with Crippen molar-refractivity contribution in [2.45, 2.75) is 84.5 Å². The van der Waals surface area contributed by atoms with Crippen LogP contribution in [0.1, 0.15) is 94.2 Å². The van der Waals surface area contributed by atoms with Gasteiger partial charge < -0.3 is 14.7 Å². The molecule has 12 heteroatoms. The van der Waals surface area contributed by atoms with Crippen LogP contribution < -0.4 is 10.5 Å². The Morgan fingerprint density at radius 1 is 1.09 bits per heavy atom. The predicted molar refractivity (Wildman–Crippen MR) is 172 cm³/mol. The zero-order valence-corrected chi connectivity index (χ0v) is 27.0. The number of hydrogen-bond acceptors (Lipinski definition) is 9. The number of carbonyl (C=O) groups is 3. The molecule has 2 aliphatic heterocycles. The third-order valence-electron chi connectivity index (χ3n) is 8.05. The zero-order chi connectivity index (χ0) is 31.5. The minimum atomic E-state index is -0.741. The van der Waals surface area contributed by atoms with Gasteiger partial charge in [-0.05, 0) is 51.2 Å². The van der Waals surface area contributed by atoms with E-state index in [1.165, 1.54) is 16.3 Å². The number of esters is 1. The predicted octanol–water partition coefficient (Wildman–Crippen LogP) is 5.14. The van der Waals surface area contributed by atoms with Gasteiger partial charge in [0, 0.05) is 38.7 Å². The van der Waals surface area contributed by atoms with Crippen molar-refractivity contribution in [1.29, 1.82) is 5.26 Å². The summed E-state index contributed by atoms with van der Waals surface area (Å²) >= 11 is 6.79. The summed E-state index contributed by atoms with van der Waals surface area (Å²) in [6.45, 7) is 5.45. The molecule has 0 radical (unpaired) electrons. The number of ether oxygens (including phenoxy) is 1. The summed E-state index contributed by atoms with van der Waals surface area (Å²) in [6.07, 6.45) is 10.9. The molecule has 2 fully saturated rings. The van der Waals surface area contributed by atoms with Gasteiger partial charge in [-0.25, -0.2) is 0 Å². The van der Waals surface area contributed by atoms with Crippen molar-refractivity contribution < 1.29 is 24.2 Å². The van der Waals surface area contributed by atoms with Crippen LogP contribution >= 0.6 is 24.0 Å². The fourth-order valence-corrected chi connectivity index (χ4v) is 6.90. The summed E-state index contributed by atoms with van der Waals surface area (Å²) in [6, 6.07) is 2.03. The molecular formula is C31H42N4O6S2. The molecule has 3 heterocycles. The Labute approximate surface area is 263 Å². The maximum Gasteiger partial charge on any atom is 0.309 e. The Balaban J connectivity index is 1.68. The number of carboxylic acid groups (broad SMARTS) is 1. The van der Waals surface area contributed by atoms with E-state index in [0.717, 1.165) is 51.4 Å². The molecule has 1 N–H and O–H groups in total. The summed E-state index contributed by atoms with van der Waals surface area (Å²) < 4.78 is 7.16. The van der Waals surface area contributed by atoms with Crippen LogP contribution in [-0.4, -0.2) is 63.0 Å². The molecule has 234 valence electrons. The lowest BCUT2D eigenvalue weighted by Crippen LogP contribution is -2.40. The topological polar surface area (TPSA) is 133 Å². The van der Waals surface area contributed by atoms with Crippen LogP contribution in [0.2, 0.25) is 0 Å². The second-order valence-corrected chi connectivity index (χ2v) is 12.7. The fourth-order valence-electron chi connectivity index (χ4n) is 5.61. The Hall–Kier alpha value is -3.17. The Bertz CT molecular complexity index is 1340. The molecule has 2 saturated heterocycles. The smallest absolute Gasteiger partial charge is 0.309 e. The van der Waals surface area contributed by atoms with E-state index in [1.807, 2.05) is 11.0 Å². The zero-order valence-electron chi connectivity index (χ0n) is 25.4. The van der Waals surface area contributed by atoms with Gasteiger partial charge in [0.1, 0.15) is 21.8 Å². The average molecular weight is 631 g/mol. The Morgan fingerprint density at radius 3 is 2.28 bits per heavy atom. The molecule has 0 bridgehead atoms. The quantitative estimate of drug-likeness (QED) is 0.120. The highest BCUT2D eigenvalue weighted by Crippen LogP contribution is 2.36. The van der Waals surface area contributed by atoms with Crippen molar-refractivity contribution in [3.8, 4) is 6.07 Å². The molecule has 0 aliphatic carbocycles. The molecule has 0 saturated carbocycles. The monoisotopic (exact) mass is 630 g/mol. The minimum absolute atomic E-state index is 0.0382. The van der Waals surface area contributed by atoms with Crippen molar-refractivity contribution in [2.24, 2.45) is 13.0 Å². The van der Waals surface area contributed by atoms with Gasteiger partial charge in [-0.2, -0.15) is 5.26 Å². The van der Waals surface area contributed by atoms with Crippen LogP contribution in [0, 0.1) is 24.2 Å². The van der Waals surface area contributed by atoms with Gasteiger partial charge in [-0.15, -0.1) is 0 Å². The molecule has 3 rings (SSSR count). The number of carbonyl (C=O) groups excluding carboxylic acids is 2. The third kappa shape index (κ3) is 8.92. The van der Waals surface area contributed by atoms with E-state index in [9.17, 15) is 24.4 Å². The Kier molecular flexibility index (Phi) is 13.3. The van der Waals surface area contributed by atoms with Crippen LogP contribution in [0.25, 0.3) is 6.08 Å². The number of thioether (sulfide) groups is 1. The van der Waals surface area contributed by atoms with E-state index in [-0.39, 0.29) is 29.8 Å². The van der Waals surface area contributed by atoms with Crippen molar-refractivity contribution in [2.75, 3.05) is 31.1 Å². The molecule has 1 aromatic heterocycles. The highest BCUT2D eigenvalue weighted by Gasteiger charge is 2.34. The number of unbranched alkanes of at least 4 members (excludes halogenated alkanes) is 7. The number of nitrogens with zero attached hydrogens (tertiary/aromatic N) is 4. The van der Waals surface area contributed by atoms with Crippen molar-refractivity contribution in [3.63, 3.8) is 0 Å². The van der Waals surface area contributed by atoms with E-state index in [4.69, 9.17) is 22.1 Å². The summed E-state index contributed by atoms with van der Waals surface area (Å²) in [4.78, 5) is 53.5. The number of hydrogen-bond donors (Lipinski definition) is 1. The lowest BCUT2D eigenvalue weighted by molar-refractivity contribution is -0.148. The van der Waals surface area contributed by atoms with Gasteiger partial charge >= 0.3 is 11.9 Å². The molecule has 2 aliphatic rings. The Morgan fingerprint density at radius 2 is 1.70 bits per heavy atom. The summed E-state index contributed by atoms with van der Waals surface area (Å²) in [7, 11) is 1.63. The number of carboxylic acids is 1. The first-order valence-corrected chi connectivity index (χ1v) is 16.4. The van der Waals surface area contributed by atoms with Crippen LogP contribution in [0.15, 0.2) is 9.70 Å². The van der Waals surface area contributed by atoms with Gasteiger partial charge in [0.25, 0.3) is 11.5 Å². The number of piperidine rings is 1. The first-order valence-electron chi connectivity index (χ1n) is 15.1. The summed E-state index contributed by atoms with van der Waals surface area (Å²) in [5.41, 5.74) is 0.794. The van der Waals surface area contributed by atoms with E-state index in [0.29, 0.717) is 65.3 Å². The number of aromatic nitrogens is 1.